The molecule has 0 aromatic carbocycles. The molecule has 0 spiro atoms. The number of aromatic nitrogens is 2. The van der Waals surface area contributed by atoms with E-state index in [0.717, 1.165) is 4.88 Å². The summed E-state index contributed by atoms with van der Waals surface area (Å²) in [6.07, 6.45) is 0. The lowest BCUT2D eigenvalue weighted by Crippen LogP contribution is -2.26. The van der Waals surface area contributed by atoms with E-state index < -0.39 is 0 Å². The number of nitrogens with zero attached hydrogens (tertiary/aromatic N) is 3. The second-order valence-electron chi connectivity index (χ2n) is 4.03. The monoisotopic (exact) mass is 315 g/mol. The van der Waals surface area contributed by atoms with Gasteiger partial charge >= 0.3 is 0 Å². The van der Waals surface area contributed by atoms with E-state index >= 15 is 0 Å². The average molecular weight is 316 g/mol. The minimum absolute atomic E-state index is 0.0796. The maximum absolute atomic E-state index is 12.2. The van der Waals surface area contributed by atoms with Gasteiger partial charge in [-0.3, -0.25) is 4.79 Å². The van der Waals surface area contributed by atoms with Crippen molar-refractivity contribution in [2.24, 2.45) is 0 Å². The summed E-state index contributed by atoms with van der Waals surface area (Å²) < 4.78 is 0.705. The van der Waals surface area contributed by atoms with E-state index in [9.17, 15) is 4.79 Å². The molecule has 19 heavy (non-hydrogen) atoms. The number of rotatable bonds is 3. The van der Waals surface area contributed by atoms with E-state index in [-0.39, 0.29) is 11.2 Å². The van der Waals surface area contributed by atoms with Gasteiger partial charge in [0.1, 0.15) is 5.69 Å². The summed E-state index contributed by atoms with van der Waals surface area (Å²) in [6, 6.07) is 5.33. The number of thiophene rings is 1. The summed E-state index contributed by atoms with van der Waals surface area (Å²) in [6.45, 7) is 2.25. The van der Waals surface area contributed by atoms with E-state index in [1.54, 1.807) is 24.9 Å². The van der Waals surface area contributed by atoms with E-state index in [1.165, 1.54) is 11.3 Å². The molecule has 0 aliphatic rings. The molecule has 100 valence electrons. The van der Waals surface area contributed by atoms with Crippen LogP contribution in [0.15, 0.2) is 18.2 Å². The number of carbonyl (C=O) groups excluding carboxylic acids is 1. The first-order chi connectivity index (χ1) is 8.95. The third-order valence-corrected chi connectivity index (χ3v) is 3.80. The Morgan fingerprint density at radius 3 is 2.68 bits per heavy atom. The fourth-order valence-electron chi connectivity index (χ4n) is 1.58. The van der Waals surface area contributed by atoms with Gasteiger partial charge in [-0.05, 0) is 36.7 Å². The van der Waals surface area contributed by atoms with Crippen molar-refractivity contribution >= 4 is 40.4 Å². The minimum Gasteiger partial charge on any atom is -0.335 e. The van der Waals surface area contributed by atoms with Crippen molar-refractivity contribution < 1.29 is 4.79 Å². The molecule has 2 rings (SSSR count). The summed E-state index contributed by atoms with van der Waals surface area (Å²) in [4.78, 5) is 22.7. The van der Waals surface area contributed by atoms with Crippen LogP contribution < -0.4 is 0 Å². The second-order valence-corrected chi connectivity index (χ2v) is 6.17. The van der Waals surface area contributed by atoms with Gasteiger partial charge in [-0.25, -0.2) is 9.97 Å². The predicted molar refractivity (Wildman–Crippen MR) is 76.9 cm³/mol. The lowest BCUT2D eigenvalue weighted by Gasteiger charge is -2.15. The normalized spacial score (nSPS) is 10.5. The van der Waals surface area contributed by atoms with Crippen molar-refractivity contribution in [2.75, 3.05) is 7.05 Å². The third-order valence-electron chi connectivity index (χ3n) is 2.41. The average Bonchev–Trinajstić information content (AvgIpc) is 2.72. The van der Waals surface area contributed by atoms with Crippen LogP contribution in [0, 0.1) is 6.92 Å². The number of halogens is 2. The van der Waals surface area contributed by atoms with Crippen LogP contribution in [0.5, 0.6) is 0 Å². The topological polar surface area (TPSA) is 46.1 Å². The standard InChI is InChI=1S/C12H11Cl2N3OS/c1-7-5-9(16-12(14)15-7)11(18)17(2)6-8-3-4-10(13)19-8/h3-5H,6H2,1-2H3. The first-order valence-corrected chi connectivity index (χ1v) is 7.04. The molecule has 0 saturated heterocycles. The van der Waals surface area contributed by atoms with Crippen LogP contribution in [0.4, 0.5) is 0 Å². The van der Waals surface area contributed by atoms with Crippen molar-refractivity contribution in [3.05, 3.63) is 44.1 Å². The van der Waals surface area contributed by atoms with E-state index in [0.29, 0.717) is 22.3 Å². The molecule has 0 radical (unpaired) electrons. The summed E-state index contributed by atoms with van der Waals surface area (Å²) in [5.74, 6) is -0.197. The number of carbonyl (C=O) groups is 1. The van der Waals surface area contributed by atoms with Crippen molar-refractivity contribution in [3.63, 3.8) is 0 Å². The van der Waals surface area contributed by atoms with Gasteiger partial charge in [0.2, 0.25) is 5.28 Å². The van der Waals surface area contributed by atoms with Gasteiger partial charge in [0.15, 0.2) is 0 Å². The molecular formula is C12H11Cl2N3OS. The van der Waals surface area contributed by atoms with Crippen LogP contribution in [0.1, 0.15) is 21.1 Å². The zero-order chi connectivity index (χ0) is 14.0. The van der Waals surface area contributed by atoms with Crippen LogP contribution in [-0.2, 0) is 6.54 Å². The second kappa shape index (κ2) is 5.86. The van der Waals surface area contributed by atoms with Gasteiger partial charge in [0.05, 0.1) is 10.9 Å². The summed E-state index contributed by atoms with van der Waals surface area (Å²) in [5.41, 5.74) is 0.957. The fraction of sp³-hybridized carbons (Fsp3) is 0.250. The van der Waals surface area contributed by atoms with Crippen LogP contribution in [-0.4, -0.2) is 27.8 Å². The molecule has 2 aromatic heterocycles. The van der Waals surface area contributed by atoms with Crippen molar-refractivity contribution in [1.29, 1.82) is 0 Å². The van der Waals surface area contributed by atoms with Crippen molar-refractivity contribution in [2.45, 2.75) is 13.5 Å². The van der Waals surface area contributed by atoms with Crippen molar-refractivity contribution in [3.8, 4) is 0 Å². The molecule has 2 aromatic rings. The molecule has 7 heteroatoms. The molecule has 0 unspecified atom stereocenters. The van der Waals surface area contributed by atoms with Crippen LogP contribution in [0.2, 0.25) is 9.62 Å². The molecule has 0 saturated carbocycles. The van der Waals surface area contributed by atoms with Gasteiger partial charge in [-0.15, -0.1) is 11.3 Å². The highest BCUT2D eigenvalue weighted by molar-refractivity contribution is 7.16. The zero-order valence-electron chi connectivity index (χ0n) is 10.4. The Morgan fingerprint density at radius 1 is 1.37 bits per heavy atom. The van der Waals surface area contributed by atoms with Crippen LogP contribution in [0.25, 0.3) is 0 Å². The third kappa shape index (κ3) is 3.65. The summed E-state index contributed by atoms with van der Waals surface area (Å²) in [5, 5.41) is 0.0796. The van der Waals surface area contributed by atoms with E-state index in [2.05, 4.69) is 9.97 Å². The SMILES string of the molecule is Cc1cc(C(=O)N(C)Cc2ccc(Cl)s2)nc(Cl)n1. The molecule has 0 N–H and O–H groups in total. The van der Waals surface area contributed by atoms with Gasteiger partial charge in [-0.2, -0.15) is 0 Å². The summed E-state index contributed by atoms with van der Waals surface area (Å²) >= 11 is 13.1. The maximum Gasteiger partial charge on any atom is 0.272 e. The Labute approximate surface area is 125 Å². The smallest absolute Gasteiger partial charge is 0.272 e. The number of hydrogen-bond donors (Lipinski definition) is 0. The highest BCUT2D eigenvalue weighted by Gasteiger charge is 2.15. The Hall–Kier alpha value is -1.17. The van der Waals surface area contributed by atoms with Crippen LogP contribution >= 0.6 is 34.5 Å². The molecule has 1 amide bonds. The molecule has 0 bridgehead atoms. The molecule has 0 atom stereocenters. The van der Waals surface area contributed by atoms with Crippen LogP contribution in [0.3, 0.4) is 0 Å². The molecule has 0 fully saturated rings. The number of hydrogen-bond acceptors (Lipinski definition) is 4. The maximum atomic E-state index is 12.2. The molecule has 0 aliphatic heterocycles. The van der Waals surface area contributed by atoms with Crippen molar-refractivity contribution in [1.82, 2.24) is 14.9 Å². The molecular weight excluding hydrogens is 305 g/mol. The first-order valence-electron chi connectivity index (χ1n) is 5.46. The van der Waals surface area contributed by atoms with Gasteiger partial charge in [0.25, 0.3) is 5.91 Å². The van der Waals surface area contributed by atoms with Gasteiger partial charge < -0.3 is 4.90 Å². The predicted octanol–water partition coefficient (Wildman–Crippen LogP) is 3.43. The highest BCUT2D eigenvalue weighted by atomic mass is 35.5. The zero-order valence-corrected chi connectivity index (χ0v) is 12.7. The number of amides is 1. The quantitative estimate of drug-likeness (QED) is 0.815. The van der Waals surface area contributed by atoms with Gasteiger partial charge in [0, 0.05) is 17.6 Å². The lowest BCUT2D eigenvalue weighted by atomic mass is 10.3. The first kappa shape index (κ1) is 14.2. The largest absolute Gasteiger partial charge is 0.335 e. The minimum atomic E-state index is -0.197. The summed E-state index contributed by atoms with van der Waals surface area (Å²) in [7, 11) is 1.71. The van der Waals surface area contributed by atoms with E-state index in [1.807, 2.05) is 12.1 Å². The van der Waals surface area contributed by atoms with Gasteiger partial charge in [-0.1, -0.05) is 11.6 Å². The molecule has 2 heterocycles. The molecule has 4 nitrogen and oxygen atoms in total. The molecule has 0 aliphatic carbocycles. The van der Waals surface area contributed by atoms with E-state index in [4.69, 9.17) is 23.2 Å². The Bertz CT molecular complexity index is 595. The number of aryl methyl sites for hydroxylation is 1. The lowest BCUT2D eigenvalue weighted by molar-refractivity contribution is 0.0780. The Morgan fingerprint density at radius 2 is 2.11 bits per heavy atom. The fourth-order valence-corrected chi connectivity index (χ4v) is 2.95. The highest BCUT2D eigenvalue weighted by Crippen LogP contribution is 2.22. The Kier molecular flexibility index (Phi) is 4.39. The Balaban J connectivity index is 2.14.